The molecule has 1 aromatic carbocycles. The molecule has 0 saturated carbocycles. The van der Waals surface area contributed by atoms with Crippen molar-refractivity contribution in [2.75, 3.05) is 7.11 Å². The van der Waals surface area contributed by atoms with E-state index < -0.39 is 11.9 Å². The van der Waals surface area contributed by atoms with Crippen LogP contribution in [-0.4, -0.2) is 38.7 Å². The molecule has 0 radical (unpaired) electrons. The number of thioether (sulfide) groups is 1. The highest BCUT2D eigenvalue weighted by Crippen LogP contribution is 2.26. The fourth-order valence-electron chi connectivity index (χ4n) is 2.40. The number of aromatic nitrogens is 3. The number of nitrogens with zero attached hydrogens (tertiary/aromatic N) is 3. The lowest BCUT2D eigenvalue weighted by Crippen LogP contribution is -2.09. The maximum Gasteiger partial charge on any atom is 0.339 e. The number of imidazole rings is 1. The second-order valence-electron chi connectivity index (χ2n) is 5.23. The number of hydrogen-bond acceptors (Lipinski definition) is 6. The van der Waals surface area contributed by atoms with Gasteiger partial charge in [0, 0.05) is 18.1 Å². The third kappa shape index (κ3) is 3.80. The average molecular weight is 357 g/mol. The van der Waals surface area contributed by atoms with E-state index in [4.69, 9.17) is 5.11 Å². The molecular weight excluding hydrogens is 342 g/mol. The summed E-state index contributed by atoms with van der Waals surface area (Å²) in [5, 5.41) is 9.76. The maximum absolute atomic E-state index is 11.6. The number of carbonyl (C=O) groups excluding carboxylic acids is 1. The molecule has 25 heavy (non-hydrogen) atoms. The van der Waals surface area contributed by atoms with Gasteiger partial charge >= 0.3 is 11.9 Å². The van der Waals surface area contributed by atoms with Crippen LogP contribution in [0.3, 0.4) is 0 Å². The number of carbonyl (C=O) groups is 2. The highest BCUT2D eigenvalue weighted by atomic mass is 32.2. The Balaban J connectivity index is 1.86. The van der Waals surface area contributed by atoms with Gasteiger partial charge in [-0.05, 0) is 23.8 Å². The average Bonchev–Trinajstić information content (AvgIpc) is 2.96. The first-order valence-electron chi connectivity index (χ1n) is 7.40. The van der Waals surface area contributed by atoms with Gasteiger partial charge in [0.15, 0.2) is 5.16 Å². The lowest BCUT2D eigenvalue weighted by atomic mass is 10.2. The van der Waals surface area contributed by atoms with E-state index in [1.807, 2.05) is 24.3 Å². The summed E-state index contributed by atoms with van der Waals surface area (Å²) in [6.07, 6.45) is 3.10. The van der Waals surface area contributed by atoms with Crippen molar-refractivity contribution >= 4 is 34.7 Å². The Labute approximate surface area is 147 Å². The summed E-state index contributed by atoms with van der Waals surface area (Å²) in [5.41, 5.74) is 2.71. The second-order valence-corrected chi connectivity index (χ2v) is 6.17. The molecule has 0 saturated heterocycles. The molecule has 0 fully saturated rings. The number of rotatable bonds is 6. The second kappa shape index (κ2) is 7.35. The molecule has 0 spiro atoms. The van der Waals surface area contributed by atoms with Gasteiger partial charge in [-0.25, -0.2) is 9.78 Å². The zero-order valence-electron chi connectivity index (χ0n) is 13.4. The van der Waals surface area contributed by atoms with Crippen molar-refractivity contribution in [3.8, 4) is 0 Å². The summed E-state index contributed by atoms with van der Waals surface area (Å²) in [6, 6.07) is 9.10. The molecule has 0 amide bonds. The van der Waals surface area contributed by atoms with Crippen molar-refractivity contribution in [1.29, 1.82) is 0 Å². The van der Waals surface area contributed by atoms with E-state index in [1.165, 1.54) is 25.1 Å². The van der Waals surface area contributed by atoms with Gasteiger partial charge in [-0.3, -0.25) is 9.78 Å². The number of benzene rings is 1. The van der Waals surface area contributed by atoms with E-state index >= 15 is 0 Å². The van der Waals surface area contributed by atoms with E-state index in [0.29, 0.717) is 16.5 Å². The van der Waals surface area contributed by atoms with E-state index in [2.05, 4.69) is 14.7 Å². The fourth-order valence-corrected chi connectivity index (χ4v) is 3.33. The summed E-state index contributed by atoms with van der Waals surface area (Å²) in [6.45, 7) is -0.163. The highest BCUT2D eigenvalue weighted by Gasteiger charge is 2.14. The Bertz CT molecular complexity index is 939. The number of carboxylic acid groups (broad SMARTS) is 1. The van der Waals surface area contributed by atoms with Crippen LogP contribution in [0.25, 0.3) is 11.0 Å². The molecule has 8 heteroatoms. The van der Waals surface area contributed by atoms with Gasteiger partial charge in [0.2, 0.25) is 0 Å². The Morgan fingerprint density at radius 2 is 2.08 bits per heavy atom. The van der Waals surface area contributed by atoms with Crippen LogP contribution in [0.4, 0.5) is 0 Å². The van der Waals surface area contributed by atoms with E-state index in [1.54, 1.807) is 16.8 Å². The SMILES string of the molecule is COC(=O)c1cncc(CSc2nc3ccccc3n2CC(=O)O)c1. The zero-order valence-corrected chi connectivity index (χ0v) is 14.2. The summed E-state index contributed by atoms with van der Waals surface area (Å²) in [4.78, 5) is 31.3. The van der Waals surface area contributed by atoms with Crippen molar-refractivity contribution < 1.29 is 19.4 Å². The van der Waals surface area contributed by atoms with Crippen LogP contribution in [-0.2, 0) is 21.8 Å². The molecule has 2 heterocycles. The zero-order chi connectivity index (χ0) is 17.8. The van der Waals surface area contributed by atoms with Crippen molar-refractivity contribution in [2.24, 2.45) is 0 Å². The molecule has 7 nitrogen and oxygen atoms in total. The number of methoxy groups -OCH3 is 1. The van der Waals surface area contributed by atoms with E-state index in [-0.39, 0.29) is 6.54 Å². The summed E-state index contributed by atoms with van der Waals surface area (Å²) >= 11 is 1.39. The van der Waals surface area contributed by atoms with Crippen molar-refractivity contribution in [1.82, 2.24) is 14.5 Å². The number of carboxylic acids is 1. The van der Waals surface area contributed by atoms with Crippen LogP contribution < -0.4 is 0 Å². The van der Waals surface area contributed by atoms with Crippen LogP contribution in [0.15, 0.2) is 47.9 Å². The largest absolute Gasteiger partial charge is 0.480 e. The van der Waals surface area contributed by atoms with Crippen LogP contribution >= 0.6 is 11.8 Å². The predicted octanol–water partition coefficient (Wildman–Crippen LogP) is 2.59. The van der Waals surface area contributed by atoms with Gasteiger partial charge < -0.3 is 14.4 Å². The molecule has 0 aliphatic heterocycles. The minimum Gasteiger partial charge on any atom is -0.480 e. The van der Waals surface area contributed by atoms with Gasteiger partial charge in [-0.15, -0.1) is 0 Å². The van der Waals surface area contributed by atoms with Gasteiger partial charge in [0.05, 0.1) is 23.7 Å². The van der Waals surface area contributed by atoms with Gasteiger partial charge in [-0.2, -0.15) is 0 Å². The predicted molar refractivity (Wildman–Crippen MR) is 92.5 cm³/mol. The minimum absolute atomic E-state index is 0.163. The fraction of sp³-hybridized carbons (Fsp3) is 0.176. The highest BCUT2D eigenvalue weighted by molar-refractivity contribution is 7.98. The number of aliphatic carboxylic acids is 1. The van der Waals surface area contributed by atoms with Crippen LogP contribution in [0.2, 0.25) is 0 Å². The maximum atomic E-state index is 11.6. The number of ether oxygens (including phenoxy) is 1. The van der Waals surface area contributed by atoms with Crippen LogP contribution in [0.1, 0.15) is 15.9 Å². The van der Waals surface area contributed by atoms with Crippen LogP contribution in [0.5, 0.6) is 0 Å². The lowest BCUT2D eigenvalue weighted by Gasteiger charge is -2.06. The Kier molecular flexibility index (Phi) is 4.99. The minimum atomic E-state index is -0.931. The normalized spacial score (nSPS) is 10.8. The van der Waals surface area contributed by atoms with Crippen molar-refractivity contribution in [3.05, 3.63) is 53.9 Å². The number of fused-ring (bicyclic) bond motifs is 1. The molecule has 0 unspecified atom stereocenters. The molecular formula is C17H15N3O4S. The van der Waals surface area contributed by atoms with E-state index in [0.717, 1.165) is 16.6 Å². The van der Waals surface area contributed by atoms with Crippen LogP contribution in [0, 0.1) is 0 Å². The third-order valence-corrected chi connectivity index (χ3v) is 4.54. The first-order valence-corrected chi connectivity index (χ1v) is 8.39. The number of para-hydroxylation sites is 2. The Morgan fingerprint density at radius 3 is 2.84 bits per heavy atom. The molecule has 128 valence electrons. The molecule has 0 bridgehead atoms. The lowest BCUT2D eigenvalue weighted by molar-refractivity contribution is -0.137. The quantitative estimate of drug-likeness (QED) is 0.535. The van der Waals surface area contributed by atoms with Gasteiger partial charge in [0.1, 0.15) is 6.54 Å². The number of pyridine rings is 1. The molecule has 0 aliphatic rings. The Hall–Kier alpha value is -2.87. The summed E-state index contributed by atoms with van der Waals surface area (Å²) < 4.78 is 6.36. The molecule has 0 atom stereocenters. The standard InChI is InChI=1S/C17H15N3O4S/c1-24-16(23)12-6-11(7-18-8-12)10-25-17-19-13-4-2-3-5-14(13)20(17)9-15(21)22/h2-8H,9-10H2,1H3,(H,21,22). The molecule has 1 N–H and O–H groups in total. The van der Waals surface area contributed by atoms with Crippen molar-refractivity contribution in [2.45, 2.75) is 17.5 Å². The molecule has 0 aliphatic carbocycles. The van der Waals surface area contributed by atoms with Gasteiger partial charge in [0.25, 0.3) is 0 Å². The first kappa shape index (κ1) is 17.0. The topological polar surface area (TPSA) is 94.3 Å². The molecule has 3 rings (SSSR count). The number of esters is 1. The molecule has 3 aromatic rings. The molecule has 2 aromatic heterocycles. The van der Waals surface area contributed by atoms with E-state index in [9.17, 15) is 9.59 Å². The number of hydrogen-bond donors (Lipinski definition) is 1. The smallest absolute Gasteiger partial charge is 0.339 e. The first-order chi connectivity index (χ1) is 12.1. The summed E-state index contributed by atoms with van der Waals surface area (Å²) in [5.74, 6) is -0.877. The summed E-state index contributed by atoms with van der Waals surface area (Å²) in [7, 11) is 1.32. The van der Waals surface area contributed by atoms with Crippen molar-refractivity contribution in [3.63, 3.8) is 0 Å². The monoisotopic (exact) mass is 357 g/mol. The Morgan fingerprint density at radius 1 is 1.28 bits per heavy atom. The van der Waals surface area contributed by atoms with Gasteiger partial charge in [-0.1, -0.05) is 23.9 Å². The third-order valence-electron chi connectivity index (χ3n) is 3.50.